The van der Waals surface area contributed by atoms with Crippen LogP contribution in [0.1, 0.15) is 31.2 Å². The number of halogens is 1. The lowest BCUT2D eigenvalue weighted by atomic mass is 10.1. The number of rotatable bonds is 9. The monoisotopic (exact) mass is 557 g/mol. The Kier molecular flexibility index (Phi) is 11.1. The summed E-state index contributed by atoms with van der Waals surface area (Å²) in [5, 5.41) is 6.56. The summed E-state index contributed by atoms with van der Waals surface area (Å²) in [5.41, 5.74) is 1.03. The quantitative estimate of drug-likeness (QED) is 0.276. The van der Waals surface area contributed by atoms with Gasteiger partial charge in [0.05, 0.1) is 24.0 Å². The molecule has 3 rings (SSSR count). The molecule has 0 bridgehead atoms. The van der Waals surface area contributed by atoms with Crippen LogP contribution in [0.15, 0.2) is 58.4 Å². The zero-order chi connectivity index (χ0) is 21.2. The van der Waals surface area contributed by atoms with Crippen LogP contribution in [0.3, 0.4) is 0 Å². The summed E-state index contributed by atoms with van der Waals surface area (Å²) >= 11 is 0. The Balaban J connectivity index is 0.00000341. The fourth-order valence-corrected chi connectivity index (χ4v) is 4.50. The summed E-state index contributed by atoms with van der Waals surface area (Å²) in [7, 11) is 2.36. The molecule has 1 unspecified atom stereocenters. The van der Waals surface area contributed by atoms with Gasteiger partial charge in [-0.3, -0.25) is 9.20 Å². The number of para-hydroxylation sites is 1. The molecular formula is C23H32IN3O3S. The SMILES string of the molecule is CN=C(NCCS(=O)c1ccccc1)NCc1cccc(OC)c1OC1CCCC1.I. The van der Waals surface area contributed by atoms with Gasteiger partial charge in [-0.1, -0.05) is 30.3 Å². The summed E-state index contributed by atoms with van der Waals surface area (Å²) in [6.45, 7) is 1.12. The molecule has 31 heavy (non-hydrogen) atoms. The highest BCUT2D eigenvalue weighted by Gasteiger charge is 2.20. The van der Waals surface area contributed by atoms with Crippen molar-refractivity contribution >= 4 is 40.7 Å². The summed E-state index contributed by atoms with van der Waals surface area (Å²) in [5.74, 6) is 2.73. The Bertz CT molecular complexity index is 858. The van der Waals surface area contributed by atoms with E-state index in [1.165, 1.54) is 12.8 Å². The molecule has 1 fully saturated rings. The summed E-state index contributed by atoms with van der Waals surface area (Å²) in [4.78, 5) is 5.11. The van der Waals surface area contributed by atoms with Gasteiger partial charge in [0.1, 0.15) is 0 Å². The molecule has 0 aromatic heterocycles. The van der Waals surface area contributed by atoms with Gasteiger partial charge in [-0.15, -0.1) is 24.0 Å². The van der Waals surface area contributed by atoms with Crippen LogP contribution in [-0.4, -0.2) is 42.7 Å². The van der Waals surface area contributed by atoms with Crippen molar-refractivity contribution in [1.82, 2.24) is 10.6 Å². The minimum absolute atomic E-state index is 0. The highest BCUT2D eigenvalue weighted by atomic mass is 127. The fourth-order valence-electron chi connectivity index (χ4n) is 3.52. The van der Waals surface area contributed by atoms with Crippen molar-refractivity contribution in [2.45, 2.75) is 43.2 Å². The average Bonchev–Trinajstić information content (AvgIpc) is 3.30. The molecule has 1 aliphatic rings. The molecule has 170 valence electrons. The van der Waals surface area contributed by atoms with Crippen LogP contribution < -0.4 is 20.1 Å². The molecule has 0 radical (unpaired) electrons. The van der Waals surface area contributed by atoms with Crippen LogP contribution >= 0.6 is 24.0 Å². The van der Waals surface area contributed by atoms with Crippen LogP contribution in [0.25, 0.3) is 0 Å². The molecule has 0 spiro atoms. The maximum atomic E-state index is 12.4. The zero-order valence-electron chi connectivity index (χ0n) is 18.1. The van der Waals surface area contributed by atoms with Gasteiger partial charge in [0.25, 0.3) is 0 Å². The number of ether oxygens (including phenoxy) is 2. The Morgan fingerprint density at radius 3 is 2.52 bits per heavy atom. The van der Waals surface area contributed by atoms with Gasteiger partial charge in [0.2, 0.25) is 0 Å². The second-order valence-electron chi connectivity index (χ2n) is 7.19. The molecule has 0 heterocycles. The van der Waals surface area contributed by atoms with E-state index in [1.807, 2.05) is 48.5 Å². The number of nitrogens with zero attached hydrogens (tertiary/aromatic N) is 1. The number of aliphatic imine (C=N–C) groups is 1. The number of benzene rings is 2. The zero-order valence-corrected chi connectivity index (χ0v) is 21.3. The molecular weight excluding hydrogens is 525 g/mol. The number of hydrogen-bond donors (Lipinski definition) is 2. The minimum Gasteiger partial charge on any atom is -0.493 e. The third-order valence-electron chi connectivity index (χ3n) is 5.12. The first-order chi connectivity index (χ1) is 14.7. The van der Waals surface area contributed by atoms with Crippen molar-refractivity contribution in [2.24, 2.45) is 4.99 Å². The van der Waals surface area contributed by atoms with E-state index in [0.29, 0.717) is 24.8 Å². The normalized spacial score (nSPS) is 15.1. The molecule has 2 N–H and O–H groups in total. The number of nitrogens with one attached hydrogen (secondary N) is 2. The van der Waals surface area contributed by atoms with Gasteiger partial charge in [-0.05, 0) is 43.9 Å². The van der Waals surface area contributed by atoms with E-state index in [1.54, 1.807) is 14.2 Å². The third kappa shape index (κ3) is 7.68. The van der Waals surface area contributed by atoms with Gasteiger partial charge in [0.15, 0.2) is 17.5 Å². The van der Waals surface area contributed by atoms with E-state index in [0.717, 1.165) is 34.8 Å². The summed E-state index contributed by atoms with van der Waals surface area (Å²) in [6.07, 6.45) is 4.87. The van der Waals surface area contributed by atoms with E-state index < -0.39 is 10.8 Å². The van der Waals surface area contributed by atoms with Gasteiger partial charge in [-0.25, -0.2) is 0 Å². The third-order valence-corrected chi connectivity index (χ3v) is 6.50. The molecule has 1 aliphatic carbocycles. The fraction of sp³-hybridized carbons (Fsp3) is 0.435. The molecule has 0 aliphatic heterocycles. The Labute approximate surface area is 204 Å². The van der Waals surface area contributed by atoms with Crippen LogP contribution in [0.4, 0.5) is 0 Å². The van der Waals surface area contributed by atoms with Gasteiger partial charge in [0, 0.05) is 36.3 Å². The number of methoxy groups -OCH3 is 1. The van der Waals surface area contributed by atoms with Crippen molar-refractivity contribution < 1.29 is 13.7 Å². The Hall–Kier alpha value is -1.81. The lowest BCUT2D eigenvalue weighted by Crippen LogP contribution is -2.38. The topological polar surface area (TPSA) is 72.0 Å². The predicted octanol–water partition coefficient (Wildman–Crippen LogP) is 4.11. The van der Waals surface area contributed by atoms with Gasteiger partial charge in [-0.2, -0.15) is 0 Å². The van der Waals surface area contributed by atoms with E-state index in [4.69, 9.17) is 9.47 Å². The van der Waals surface area contributed by atoms with E-state index in [-0.39, 0.29) is 30.1 Å². The smallest absolute Gasteiger partial charge is 0.191 e. The second kappa shape index (κ2) is 13.6. The lowest BCUT2D eigenvalue weighted by molar-refractivity contribution is 0.198. The van der Waals surface area contributed by atoms with Gasteiger partial charge >= 0.3 is 0 Å². The van der Waals surface area contributed by atoms with Crippen LogP contribution in [0, 0.1) is 0 Å². The minimum atomic E-state index is -1.03. The van der Waals surface area contributed by atoms with Crippen LogP contribution in [-0.2, 0) is 17.3 Å². The Morgan fingerprint density at radius 1 is 1.10 bits per heavy atom. The molecule has 2 aromatic rings. The number of hydrogen-bond acceptors (Lipinski definition) is 4. The second-order valence-corrected chi connectivity index (χ2v) is 8.76. The maximum absolute atomic E-state index is 12.4. The average molecular weight is 557 g/mol. The van der Waals surface area contributed by atoms with Gasteiger partial charge < -0.3 is 20.1 Å². The van der Waals surface area contributed by atoms with E-state index >= 15 is 0 Å². The summed E-state index contributed by atoms with van der Waals surface area (Å²) < 4.78 is 24.2. The first kappa shape index (κ1) is 25.5. The molecule has 1 atom stereocenters. The van der Waals surface area contributed by atoms with Crippen LogP contribution in [0.2, 0.25) is 0 Å². The lowest BCUT2D eigenvalue weighted by Gasteiger charge is -2.20. The molecule has 8 heteroatoms. The first-order valence-corrected chi connectivity index (χ1v) is 11.7. The molecule has 2 aromatic carbocycles. The van der Waals surface area contributed by atoms with E-state index in [2.05, 4.69) is 15.6 Å². The van der Waals surface area contributed by atoms with Crippen molar-refractivity contribution in [2.75, 3.05) is 26.5 Å². The van der Waals surface area contributed by atoms with Crippen molar-refractivity contribution in [1.29, 1.82) is 0 Å². The first-order valence-electron chi connectivity index (χ1n) is 10.4. The van der Waals surface area contributed by atoms with Crippen molar-refractivity contribution in [3.8, 4) is 11.5 Å². The largest absolute Gasteiger partial charge is 0.493 e. The highest BCUT2D eigenvalue weighted by molar-refractivity contribution is 14.0. The van der Waals surface area contributed by atoms with E-state index in [9.17, 15) is 4.21 Å². The maximum Gasteiger partial charge on any atom is 0.191 e. The molecule has 1 saturated carbocycles. The number of guanidine groups is 1. The molecule has 0 amide bonds. The standard InChI is InChI=1S/C23H31N3O3S.HI/c1-24-23(25-15-16-30(27)20-12-4-3-5-13-20)26-17-18-9-8-14-21(28-2)22(18)29-19-10-6-7-11-19;/h3-5,8-9,12-14,19H,6-7,10-11,15-17H2,1-2H3,(H2,24,25,26);1H. The Morgan fingerprint density at radius 2 is 1.84 bits per heavy atom. The molecule has 6 nitrogen and oxygen atoms in total. The van der Waals surface area contributed by atoms with Crippen LogP contribution in [0.5, 0.6) is 11.5 Å². The van der Waals surface area contributed by atoms with Crippen molar-refractivity contribution in [3.63, 3.8) is 0 Å². The van der Waals surface area contributed by atoms with Crippen molar-refractivity contribution in [3.05, 3.63) is 54.1 Å². The summed E-state index contributed by atoms with van der Waals surface area (Å²) in [6, 6.07) is 15.4. The predicted molar refractivity (Wildman–Crippen MR) is 137 cm³/mol. The highest BCUT2D eigenvalue weighted by Crippen LogP contribution is 2.34. The molecule has 0 saturated heterocycles.